The Morgan fingerprint density at radius 3 is 2.47 bits per heavy atom. The first-order valence-electron chi connectivity index (χ1n) is 16.9. The zero-order valence-electron chi connectivity index (χ0n) is 30.2. The molecule has 5 atom stereocenters. The van der Waals surface area contributed by atoms with Gasteiger partial charge in [-0.2, -0.15) is 0 Å². The van der Waals surface area contributed by atoms with Crippen LogP contribution in [0.15, 0.2) is 41.1 Å². The van der Waals surface area contributed by atoms with Crippen molar-refractivity contribution in [3.63, 3.8) is 0 Å². The predicted molar refractivity (Wildman–Crippen MR) is 190 cm³/mol. The summed E-state index contributed by atoms with van der Waals surface area (Å²) in [7, 11) is -2.07. The van der Waals surface area contributed by atoms with Crippen molar-refractivity contribution in [1.29, 1.82) is 0 Å². The number of pyridine rings is 1. The second kappa shape index (κ2) is 16.7. The zero-order chi connectivity index (χ0) is 34.2. The number of Topliss-reactive ketones (excluding diaryl/α,β-unsaturated/α-hetero) is 1. The molecule has 1 fully saturated rings. The van der Waals surface area contributed by atoms with Crippen molar-refractivity contribution in [2.75, 3.05) is 6.61 Å². The van der Waals surface area contributed by atoms with Crippen molar-refractivity contribution in [3.05, 3.63) is 46.8 Å². The number of allylic oxidation sites excluding steroid dienone is 1. The summed E-state index contributed by atoms with van der Waals surface area (Å²) in [6.07, 6.45) is 9.36. The molecule has 0 aromatic carbocycles. The molecule has 0 bridgehead atoms. The average Bonchev–Trinajstić information content (AvgIpc) is 2.94. The Morgan fingerprint density at radius 1 is 1.24 bits per heavy atom. The molecular weight excluding hydrogens is 602 g/mol. The van der Waals surface area contributed by atoms with Gasteiger partial charge in [0.25, 0.3) is 0 Å². The second-order valence-corrected chi connectivity index (χ2v) is 20.7. The maximum atomic E-state index is 13.8. The number of carbonyl (C=O) groups excluding carboxylic acids is 1. The quantitative estimate of drug-likeness (QED) is 0.140. The van der Waals surface area contributed by atoms with Crippen LogP contribution in [-0.2, 0) is 18.7 Å². The van der Waals surface area contributed by atoms with Crippen LogP contribution < -0.4 is 0 Å². The molecule has 8 heteroatoms. The number of ketones is 1. The van der Waals surface area contributed by atoms with Gasteiger partial charge in [-0.1, -0.05) is 77.8 Å². The lowest BCUT2D eigenvalue weighted by molar-refractivity contribution is -0.289. The van der Waals surface area contributed by atoms with Crippen LogP contribution in [0.4, 0.5) is 0 Å². The van der Waals surface area contributed by atoms with E-state index >= 15 is 0 Å². The molecule has 1 aromatic rings. The Labute approximate surface area is 280 Å². The van der Waals surface area contributed by atoms with E-state index in [2.05, 4.69) is 58.8 Å². The normalized spacial score (nSPS) is 21.2. The number of halogens is 1. The number of carbonyl (C=O) groups is 1. The fourth-order valence-electron chi connectivity index (χ4n) is 5.70. The highest BCUT2D eigenvalue weighted by Gasteiger charge is 2.46. The van der Waals surface area contributed by atoms with Crippen LogP contribution in [0, 0.1) is 17.3 Å². The molecule has 0 radical (unpaired) electrons. The maximum Gasteiger partial charge on any atom is 0.192 e. The van der Waals surface area contributed by atoms with Gasteiger partial charge in [0.2, 0.25) is 0 Å². The first-order valence-corrected chi connectivity index (χ1v) is 20.2. The number of aliphatic hydroxyl groups is 1. The van der Waals surface area contributed by atoms with Gasteiger partial charge >= 0.3 is 0 Å². The van der Waals surface area contributed by atoms with E-state index in [1.165, 1.54) is 5.57 Å². The molecule has 1 N–H and O–H groups in total. The van der Waals surface area contributed by atoms with Gasteiger partial charge in [-0.15, -0.1) is 0 Å². The molecule has 0 amide bonds. The van der Waals surface area contributed by atoms with Gasteiger partial charge in [0.15, 0.2) is 14.1 Å². The summed E-state index contributed by atoms with van der Waals surface area (Å²) in [6.45, 7) is 25.7. The third-order valence-corrected chi connectivity index (χ3v) is 14.7. The van der Waals surface area contributed by atoms with Gasteiger partial charge in [0.05, 0.1) is 36.0 Å². The monoisotopic (exact) mass is 663 g/mol. The number of nitrogens with zero attached hydrogens (tertiary/aromatic N) is 1. The number of rotatable bonds is 16. The second-order valence-electron chi connectivity index (χ2n) is 15.5. The first-order chi connectivity index (χ1) is 20.7. The van der Waals surface area contributed by atoms with Gasteiger partial charge in [0, 0.05) is 17.1 Å². The molecule has 0 aliphatic carbocycles. The van der Waals surface area contributed by atoms with E-state index in [0.29, 0.717) is 30.9 Å². The Hall–Kier alpha value is -1.35. The van der Waals surface area contributed by atoms with Crippen LogP contribution in [-0.4, -0.2) is 54.9 Å². The molecular formula is C37H62ClNO5Si. The SMILES string of the molecule is CCC(C(=O)C(C)(C)[C@@H]1CCOC(C)(C)O1)[C@@H](O)[C@@H](C)CCC/C(C)=C/C[C@H](O[Si](C)(C)C(C)(C)C)/C(Cl)=C/c1ccccn1. The number of ether oxygens (including phenoxy) is 2. The van der Waals surface area contributed by atoms with Crippen LogP contribution in [0.1, 0.15) is 113 Å². The molecule has 1 unspecified atom stereocenters. The van der Waals surface area contributed by atoms with Crippen LogP contribution in [0.5, 0.6) is 0 Å². The van der Waals surface area contributed by atoms with Crippen molar-refractivity contribution >= 4 is 31.8 Å². The van der Waals surface area contributed by atoms with E-state index in [9.17, 15) is 9.90 Å². The summed E-state index contributed by atoms with van der Waals surface area (Å²) in [6, 6.07) is 5.79. The summed E-state index contributed by atoms with van der Waals surface area (Å²) < 4.78 is 18.7. The largest absolute Gasteiger partial charge is 0.409 e. The molecule has 1 aliphatic rings. The lowest BCUT2D eigenvalue weighted by Crippen LogP contribution is -2.52. The average molecular weight is 664 g/mol. The van der Waals surface area contributed by atoms with Gasteiger partial charge in [-0.05, 0) is 102 Å². The molecule has 0 spiro atoms. The van der Waals surface area contributed by atoms with Gasteiger partial charge in [-0.25, -0.2) is 0 Å². The lowest BCUT2D eigenvalue weighted by Gasteiger charge is -2.44. The van der Waals surface area contributed by atoms with Crippen molar-refractivity contribution < 1.29 is 23.8 Å². The molecule has 1 aromatic heterocycles. The van der Waals surface area contributed by atoms with E-state index in [1.807, 2.05) is 58.9 Å². The van der Waals surface area contributed by atoms with Crippen LogP contribution in [0.2, 0.25) is 18.1 Å². The Bertz CT molecular complexity index is 1140. The summed E-state index contributed by atoms with van der Waals surface area (Å²) in [5.41, 5.74) is 1.37. The van der Waals surface area contributed by atoms with Gasteiger partial charge < -0.3 is 19.0 Å². The zero-order valence-corrected chi connectivity index (χ0v) is 32.0. The highest BCUT2D eigenvalue weighted by molar-refractivity contribution is 6.74. The number of aliphatic hydroxyl groups excluding tert-OH is 1. The third-order valence-electron chi connectivity index (χ3n) is 9.90. The standard InChI is InChI=1S/C37H62ClNO5Si/c1-13-29(34(41)36(7,8)32-22-24-42-37(9,10)43-32)33(40)27(3)18-16-17-26(2)20-21-31(44-45(11,12)35(4,5)6)30(38)25-28-19-14-15-23-39-28/h14-15,19-20,23,25,27,29,31-33,40H,13,16-18,21-22,24H2,1-12H3/b26-20+,30-25-/t27-,29?,31-,32-,33-/m0/s1. The molecule has 0 saturated carbocycles. The molecule has 2 rings (SSSR count). The van der Waals surface area contributed by atoms with E-state index in [4.69, 9.17) is 25.5 Å². The predicted octanol–water partition coefficient (Wildman–Crippen LogP) is 9.72. The van der Waals surface area contributed by atoms with E-state index in [-0.39, 0.29) is 28.9 Å². The van der Waals surface area contributed by atoms with Gasteiger partial charge in [-0.3, -0.25) is 9.78 Å². The van der Waals surface area contributed by atoms with Crippen molar-refractivity contribution in [2.45, 2.75) is 150 Å². The minimum absolute atomic E-state index is 0.0000321. The minimum atomic E-state index is -2.07. The van der Waals surface area contributed by atoms with Crippen molar-refractivity contribution in [1.82, 2.24) is 4.98 Å². The number of hydrogen-bond acceptors (Lipinski definition) is 6. The molecule has 2 heterocycles. The van der Waals surface area contributed by atoms with E-state index in [0.717, 1.165) is 25.0 Å². The topological polar surface area (TPSA) is 77.9 Å². The van der Waals surface area contributed by atoms with Crippen molar-refractivity contribution in [2.24, 2.45) is 17.3 Å². The number of hydrogen-bond donors (Lipinski definition) is 1. The smallest absolute Gasteiger partial charge is 0.192 e. The first kappa shape index (κ1) is 39.8. The van der Waals surface area contributed by atoms with Crippen LogP contribution >= 0.6 is 11.6 Å². The summed E-state index contributed by atoms with van der Waals surface area (Å²) in [4.78, 5) is 18.2. The maximum absolute atomic E-state index is 13.8. The lowest BCUT2D eigenvalue weighted by atomic mass is 9.71. The summed E-state index contributed by atoms with van der Waals surface area (Å²) in [5.74, 6) is -1.06. The highest BCUT2D eigenvalue weighted by atomic mass is 35.5. The molecule has 256 valence electrons. The molecule has 1 aliphatic heterocycles. The third kappa shape index (κ3) is 11.7. The van der Waals surface area contributed by atoms with E-state index in [1.54, 1.807) is 6.20 Å². The summed E-state index contributed by atoms with van der Waals surface area (Å²) >= 11 is 6.89. The van der Waals surface area contributed by atoms with Crippen LogP contribution in [0.25, 0.3) is 6.08 Å². The summed E-state index contributed by atoms with van der Waals surface area (Å²) in [5, 5.41) is 12.1. The fourth-order valence-corrected chi connectivity index (χ4v) is 7.31. The van der Waals surface area contributed by atoms with E-state index < -0.39 is 31.5 Å². The van der Waals surface area contributed by atoms with Crippen molar-refractivity contribution in [3.8, 4) is 0 Å². The molecule has 6 nitrogen and oxygen atoms in total. The minimum Gasteiger partial charge on any atom is -0.409 e. The molecule has 45 heavy (non-hydrogen) atoms. The number of aromatic nitrogens is 1. The fraction of sp³-hybridized carbons (Fsp3) is 0.730. The van der Waals surface area contributed by atoms with Gasteiger partial charge in [0.1, 0.15) is 5.78 Å². The Balaban J connectivity index is 2.04. The highest BCUT2D eigenvalue weighted by Crippen LogP contribution is 2.40. The Kier molecular flexibility index (Phi) is 14.7. The van der Waals surface area contributed by atoms with Crippen LogP contribution in [0.3, 0.4) is 0 Å². The Morgan fingerprint density at radius 2 is 1.91 bits per heavy atom. The molecule has 1 saturated heterocycles.